The Kier molecular flexibility index (Phi) is 3.95. The zero-order valence-electron chi connectivity index (χ0n) is 11.5. The van der Waals surface area contributed by atoms with Gasteiger partial charge in [0.2, 0.25) is 0 Å². The van der Waals surface area contributed by atoms with Crippen molar-refractivity contribution in [2.45, 2.75) is 26.9 Å². The number of aryl methyl sites for hydroxylation is 2. The molecule has 2 rings (SSSR count). The van der Waals surface area contributed by atoms with Crippen LogP contribution in [0.25, 0.3) is 0 Å². The van der Waals surface area contributed by atoms with E-state index in [-0.39, 0.29) is 5.91 Å². The van der Waals surface area contributed by atoms with Gasteiger partial charge in [0.1, 0.15) is 5.69 Å². The van der Waals surface area contributed by atoms with Crippen molar-refractivity contribution in [1.29, 1.82) is 0 Å². The number of thiophene rings is 1. The van der Waals surface area contributed by atoms with Gasteiger partial charge >= 0.3 is 0 Å². The Morgan fingerprint density at radius 3 is 2.84 bits per heavy atom. The maximum absolute atomic E-state index is 12.4. The van der Waals surface area contributed by atoms with E-state index in [9.17, 15) is 4.79 Å². The number of nitrogen functional groups attached to an aromatic ring is 1. The van der Waals surface area contributed by atoms with Gasteiger partial charge in [-0.15, -0.1) is 11.3 Å². The van der Waals surface area contributed by atoms with E-state index in [1.165, 1.54) is 10.4 Å². The second-order valence-corrected chi connectivity index (χ2v) is 5.63. The highest BCUT2D eigenvalue weighted by Gasteiger charge is 2.17. The average Bonchev–Trinajstić information content (AvgIpc) is 2.95. The number of carbonyl (C=O) groups is 1. The van der Waals surface area contributed by atoms with Crippen LogP contribution < -0.4 is 5.73 Å². The topological polar surface area (TPSA) is 51.3 Å². The third-order valence-corrected chi connectivity index (χ3v) is 4.18. The summed E-state index contributed by atoms with van der Waals surface area (Å²) in [6.45, 7) is 5.44. The van der Waals surface area contributed by atoms with Crippen molar-refractivity contribution in [3.63, 3.8) is 0 Å². The van der Waals surface area contributed by atoms with Crippen LogP contribution in [-0.4, -0.2) is 22.4 Å². The Labute approximate surface area is 117 Å². The van der Waals surface area contributed by atoms with Crippen LogP contribution in [0.2, 0.25) is 0 Å². The first kappa shape index (κ1) is 13.7. The fourth-order valence-corrected chi connectivity index (χ4v) is 2.98. The highest BCUT2D eigenvalue weighted by molar-refractivity contribution is 7.10. The molecular formula is C14H19N3OS. The third kappa shape index (κ3) is 2.81. The molecule has 0 atom stereocenters. The van der Waals surface area contributed by atoms with Gasteiger partial charge in [-0.05, 0) is 36.9 Å². The first-order chi connectivity index (χ1) is 9.02. The fraction of sp³-hybridized carbons (Fsp3) is 0.357. The van der Waals surface area contributed by atoms with Crippen molar-refractivity contribution >= 4 is 22.9 Å². The minimum Gasteiger partial charge on any atom is -0.397 e. The van der Waals surface area contributed by atoms with Crippen LogP contribution in [0.5, 0.6) is 0 Å². The van der Waals surface area contributed by atoms with Gasteiger partial charge in [0.15, 0.2) is 0 Å². The van der Waals surface area contributed by atoms with Gasteiger partial charge in [-0.2, -0.15) is 0 Å². The number of amides is 1. The molecule has 0 bridgehead atoms. The summed E-state index contributed by atoms with van der Waals surface area (Å²) in [6.07, 6.45) is 1.80. The van der Waals surface area contributed by atoms with Crippen LogP contribution in [0.3, 0.4) is 0 Å². The molecule has 19 heavy (non-hydrogen) atoms. The molecule has 2 N–H and O–H groups in total. The van der Waals surface area contributed by atoms with Gasteiger partial charge in [-0.25, -0.2) is 0 Å². The first-order valence-corrected chi connectivity index (χ1v) is 7.15. The van der Waals surface area contributed by atoms with Crippen LogP contribution in [0, 0.1) is 6.92 Å². The highest BCUT2D eigenvalue weighted by atomic mass is 32.1. The molecule has 0 unspecified atom stereocenters. The van der Waals surface area contributed by atoms with Crippen molar-refractivity contribution < 1.29 is 4.79 Å². The average molecular weight is 277 g/mol. The molecule has 2 aromatic heterocycles. The summed E-state index contributed by atoms with van der Waals surface area (Å²) in [5.74, 6) is 0.00588. The van der Waals surface area contributed by atoms with Gasteiger partial charge in [0.05, 0.1) is 12.2 Å². The maximum atomic E-state index is 12.4. The first-order valence-electron chi connectivity index (χ1n) is 6.27. The number of aromatic nitrogens is 1. The summed E-state index contributed by atoms with van der Waals surface area (Å²) in [6, 6.07) is 3.81. The van der Waals surface area contributed by atoms with Crippen LogP contribution in [0.1, 0.15) is 27.9 Å². The molecule has 0 aromatic carbocycles. The lowest BCUT2D eigenvalue weighted by atomic mass is 10.2. The summed E-state index contributed by atoms with van der Waals surface area (Å²) in [5, 5.41) is 2.05. The minimum absolute atomic E-state index is 0.00588. The van der Waals surface area contributed by atoms with Crippen LogP contribution in [-0.2, 0) is 13.1 Å². The largest absolute Gasteiger partial charge is 0.397 e. The number of hydrogen-bond donors (Lipinski definition) is 1. The van der Waals surface area contributed by atoms with E-state index in [1.807, 2.05) is 18.5 Å². The molecule has 0 radical (unpaired) electrons. The molecule has 102 valence electrons. The van der Waals surface area contributed by atoms with E-state index in [4.69, 9.17) is 5.73 Å². The standard InChI is InChI=1S/C14H19N3OS/c1-4-17-8-11(15)7-12(17)14(18)16(3)9-13-10(2)5-6-19-13/h5-8H,4,9,15H2,1-3H3. The predicted molar refractivity (Wildman–Crippen MR) is 79.4 cm³/mol. The Morgan fingerprint density at radius 1 is 1.53 bits per heavy atom. The molecule has 0 spiro atoms. The number of nitrogens with zero attached hydrogens (tertiary/aromatic N) is 2. The molecule has 0 saturated carbocycles. The van der Waals surface area contributed by atoms with Gasteiger partial charge in [-0.1, -0.05) is 0 Å². The Hall–Kier alpha value is -1.75. The molecule has 0 aliphatic carbocycles. The zero-order valence-corrected chi connectivity index (χ0v) is 12.3. The number of hydrogen-bond acceptors (Lipinski definition) is 3. The number of nitrogens with two attached hydrogens (primary N) is 1. The fourth-order valence-electron chi connectivity index (χ4n) is 2.02. The molecule has 0 aliphatic heterocycles. The van der Waals surface area contributed by atoms with Crippen molar-refractivity contribution in [3.05, 3.63) is 39.8 Å². The van der Waals surface area contributed by atoms with Crippen molar-refractivity contribution in [2.24, 2.45) is 0 Å². The normalized spacial score (nSPS) is 10.7. The molecule has 0 saturated heterocycles. The SMILES string of the molecule is CCn1cc(N)cc1C(=O)N(C)Cc1sccc1C. The minimum atomic E-state index is 0.00588. The van der Waals surface area contributed by atoms with E-state index in [0.29, 0.717) is 17.9 Å². The Balaban J connectivity index is 2.17. The predicted octanol–water partition coefficient (Wildman–Crippen LogP) is 2.73. The molecule has 2 heterocycles. The maximum Gasteiger partial charge on any atom is 0.270 e. The molecule has 0 aliphatic rings. The van der Waals surface area contributed by atoms with Gasteiger partial charge < -0.3 is 15.2 Å². The summed E-state index contributed by atoms with van der Waals surface area (Å²) in [7, 11) is 1.82. The smallest absolute Gasteiger partial charge is 0.270 e. The van der Waals surface area contributed by atoms with Gasteiger partial charge in [0, 0.05) is 24.7 Å². The van der Waals surface area contributed by atoms with Crippen molar-refractivity contribution in [1.82, 2.24) is 9.47 Å². The Bertz CT molecular complexity index is 585. The van der Waals surface area contributed by atoms with Crippen LogP contribution in [0.15, 0.2) is 23.7 Å². The number of carbonyl (C=O) groups excluding carboxylic acids is 1. The second kappa shape index (κ2) is 5.48. The molecular weight excluding hydrogens is 258 g/mol. The van der Waals surface area contributed by atoms with Gasteiger partial charge in [-0.3, -0.25) is 4.79 Å². The second-order valence-electron chi connectivity index (χ2n) is 4.63. The highest BCUT2D eigenvalue weighted by Crippen LogP contribution is 2.19. The van der Waals surface area contributed by atoms with E-state index in [1.54, 1.807) is 28.5 Å². The van der Waals surface area contributed by atoms with E-state index in [2.05, 4.69) is 18.4 Å². The van der Waals surface area contributed by atoms with Crippen molar-refractivity contribution in [2.75, 3.05) is 12.8 Å². The Morgan fingerprint density at radius 2 is 2.26 bits per heavy atom. The lowest BCUT2D eigenvalue weighted by molar-refractivity contribution is 0.0775. The molecule has 4 nitrogen and oxygen atoms in total. The van der Waals surface area contributed by atoms with Crippen molar-refractivity contribution in [3.8, 4) is 0 Å². The zero-order chi connectivity index (χ0) is 14.0. The van der Waals surface area contributed by atoms with Crippen LogP contribution >= 0.6 is 11.3 Å². The summed E-state index contributed by atoms with van der Waals surface area (Å²) < 4.78 is 1.88. The van der Waals surface area contributed by atoms with E-state index in [0.717, 1.165) is 6.54 Å². The monoisotopic (exact) mass is 277 g/mol. The molecule has 1 amide bonds. The quantitative estimate of drug-likeness (QED) is 0.934. The third-order valence-electron chi connectivity index (χ3n) is 3.17. The molecule has 0 fully saturated rings. The van der Waals surface area contributed by atoms with E-state index >= 15 is 0 Å². The molecule has 2 aromatic rings. The summed E-state index contributed by atoms with van der Waals surface area (Å²) in [5.41, 5.74) is 8.28. The van der Waals surface area contributed by atoms with E-state index < -0.39 is 0 Å². The summed E-state index contributed by atoms with van der Waals surface area (Å²) >= 11 is 1.68. The lowest BCUT2D eigenvalue weighted by Gasteiger charge is -2.17. The lowest BCUT2D eigenvalue weighted by Crippen LogP contribution is -2.28. The summed E-state index contributed by atoms with van der Waals surface area (Å²) in [4.78, 5) is 15.4. The molecule has 5 heteroatoms. The number of anilines is 1. The van der Waals surface area contributed by atoms with Crippen LogP contribution in [0.4, 0.5) is 5.69 Å². The van der Waals surface area contributed by atoms with Gasteiger partial charge in [0.25, 0.3) is 5.91 Å². The number of rotatable bonds is 4.